The molecule has 1 aromatic carbocycles. The van der Waals surface area contributed by atoms with Crippen molar-refractivity contribution in [2.45, 2.75) is 25.8 Å². The zero-order valence-electron chi connectivity index (χ0n) is 13.2. The minimum absolute atomic E-state index is 0.0393. The van der Waals surface area contributed by atoms with E-state index in [0.717, 1.165) is 12.8 Å². The van der Waals surface area contributed by atoms with Gasteiger partial charge in [0, 0.05) is 18.7 Å². The molecule has 0 N–H and O–H groups in total. The summed E-state index contributed by atoms with van der Waals surface area (Å²) >= 11 is 0. The number of carbonyl (C=O) groups is 2. The average molecular weight is 301 g/mol. The summed E-state index contributed by atoms with van der Waals surface area (Å²) in [5, 5.41) is 0. The Bertz CT molecular complexity index is 551. The first-order valence-corrected chi connectivity index (χ1v) is 7.26. The van der Waals surface area contributed by atoms with E-state index in [1.165, 1.54) is 0 Å². The Morgan fingerprint density at radius 1 is 1.36 bits per heavy atom. The summed E-state index contributed by atoms with van der Waals surface area (Å²) in [4.78, 5) is 25.6. The molecule has 1 unspecified atom stereocenters. The number of carbonyl (C=O) groups excluding carboxylic acids is 2. The largest absolute Gasteiger partial charge is 0.489 e. The van der Waals surface area contributed by atoms with Crippen molar-refractivity contribution >= 4 is 12.2 Å². The Hall–Kier alpha value is -2.36. The van der Waals surface area contributed by atoms with E-state index in [0.29, 0.717) is 23.2 Å². The van der Waals surface area contributed by atoms with Crippen LogP contribution in [0, 0.1) is 0 Å². The first kappa shape index (κ1) is 17.7. The number of benzene rings is 1. The molecule has 1 aromatic rings. The Kier molecular flexibility index (Phi) is 7.09. The second-order valence-electron chi connectivity index (χ2n) is 5.07. The molecule has 0 aliphatic carbocycles. The highest BCUT2D eigenvalue weighted by atomic mass is 16.5. The third-order valence-corrected chi connectivity index (χ3v) is 3.53. The van der Waals surface area contributed by atoms with Crippen molar-refractivity contribution in [1.29, 1.82) is 0 Å². The van der Waals surface area contributed by atoms with Crippen molar-refractivity contribution in [3.63, 3.8) is 0 Å². The van der Waals surface area contributed by atoms with Gasteiger partial charge >= 0.3 is 0 Å². The van der Waals surface area contributed by atoms with E-state index in [4.69, 9.17) is 4.74 Å². The molecule has 1 amide bonds. The Balaban J connectivity index is 3.10. The molecule has 0 radical (unpaired) electrons. The van der Waals surface area contributed by atoms with Crippen LogP contribution in [0.5, 0.6) is 5.75 Å². The highest BCUT2D eigenvalue weighted by Gasteiger charge is 2.23. The molecule has 0 aliphatic rings. The minimum atomic E-state index is -0.224. The molecule has 22 heavy (non-hydrogen) atoms. The predicted octanol–water partition coefficient (Wildman–Crippen LogP) is 3.49. The fourth-order valence-electron chi connectivity index (χ4n) is 2.07. The van der Waals surface area contributed by atoms with Gasteiger partial charge in [0.1, 0.15) is 12.4 Å². The fourth-order valence-corrected chi connectivity index (χ4v) is 2.07. The van der Waals surface area contributed by atoms with Crippen LogP contribution in [0.25, 0.3) is 0 Å². The van der Waals surface area contributed by atoms with Crippen molar-refractivity contribution in [3.05, 3.63) is 54.6 Å². The standard InChI is InChI=1S/C18H23NO3/c1-5-7-9-14(3)19(4)18(21)17-15(13-20)10-8-11-16(17)22-12-6-2/h5-6,8,10-11,13-14H,1-2,7,9,12H2,3-4H3. The first-order chi connectivity index (χ1) is 10.6. The monoisotopic (exact) mass is 301 g/mol. The normalized spacial score (nSPS) is 11.4. The molecule has 0 aliphatic heterocycles. The summed E-state index contributed by atoms with van der Waals surface area (Å²) in [6, 6.07) is 5.03. The summed E-state index contributed by atoms with van der Waals surface area (Å²) in [6.07, 6.45) is 5.74. The van der Waals surface area contributed by atoms with E-state index < -0.39 is 0 Å². The lowest BCUT2D eigenvalue weighted by Crippen LogP contribution is -2.35. The summed E-state index contributed by atoms with van der Waals surface area (Å²) in [7, 11) is 1.73. The Labute approximate surface area is 132 Å². The molecule has 0 fully saturated rings. The van der Waals surface area contributed by atoms with E-state index in [1.54, 1.807) is 36.2 Å². The summed E-state index contributed by atoms with van der Waals surface area (Å²) < 4.78 is 5.52. The average Bonchev–Trinajstić information content (AvgIpc) is 2.55. The van der Waals surface area contributed by atoms with E-state index in [9.17, 15) is 9.59 Å². The lowest BCUT2D eigenvalue weighted by Gasteiger charge is -2.26. The van der Waals surface area contributed by atoms with Crippen LogP contribution >= 0.6 is 0 Å². The van der Waals surface area contributed by atoms with Gasteiger partial charge in [0.2, 0.25) is 0 Å². The van der Waals surface area contributed by atoms with Crippen LogP contribution in [0.15, 0.2) is 43.5 Å². The third kappa shape index (κ3) is 4.32. The maximum absolute atomic E-state index is 12.7. The summed E-state index contributed by atoms with van der Waals surface area (Å²) in [5.41, 5.74) is 0.627. The van der Waals surface area contributed by atoms with Crippen LogP contribution in [0.3, 0.4) is 0 Å². The molecule has 0 aromatic heterocycles. The smallest absolute Gasteiger partial charge is 0.258 e. The maximum atomic E-state index is 12.7. The van der Waals surface area contributed by atoms with Crippen LogP contribution in [-0.2, 0) is 0 Å². The van der Waals surface area contributed by atoms with E-state index >= 15 is 0 Å². The van der Waals surface area contributed by atoms with Gasteiger partial charge in [0.15, 0.2) is 6.29 Å². The van der Waals surface area contributed by atoms with Crippen molar-refractivity contribution in [2.75, 3.05) is 13.7 Å². The van der Waals surface area contributed by atoms with Crippen LogP contribution in [0.2, 0.25) is 0 Å². The van der Waals surface area contributed by atoms with Crippen molar-refractivity contribution in [2.24, 2.45) is 0 Å². The van der Waals surface area contributed by atoms with E-state index in [2.05, 4.69) is 13.2 Å². The van der Waals surface area contributed by atoms with Crippen LogP contribution in [0.1, 0.15) is 40.5 Å². The van der Waals surface area contributed by atoms with Gasteiger partial charge in [0.25, 0.3) is 5.91 Å². The molecule has 118 valence electrons. The molecule has 0 bridgehead atoms. The molecule has 0 spiro atoms. The number of rotatable bonds is 9. The van der Waals surface area contributed by atoms with Crippen molar-refractivity contribution in [1.82, 2.24) is 4.90 Å². The number of hydrogen-bond acceptors (Lipinski definition) is 3. The third-order valence-electron chi connectivity index (χ3n) is 3.53. The summed E-state index contributed by atoms with van der Waals surface area (Å²) in [5.74, 6) is 0.176. The highest BCUT2D eigenvalue weighted by molar-refractivity contribution is 6.03. The van der Waals surface area contributed by atoms with Crippen LogP contribution in [0.4, 0.5) is 0 Å². The second-order valence-corrected chi connectivity index (χ2v) is 5.07. The predicted molar refractivity (Wildman–Crippen MR) is 88.5 cm³/mol. The van der Waals surface area contributed by atoms with Gasteiger partial charge in [-0.2, -0.15) is 0 Å². The lowest BCUT2D eigenvalue weighted by atomic mass is 10.0. The molecule has 0 saturated heterocycles. The molecule has 0 heterocycles. The first-order valence-electron chi connectivity index (χ1n) is 7.26. The topological polar surface area (TPSA) is 46.6 Å². The SMILES string of the molecule is C=CCCC(C)N(C)C(=O)c1c(C=O)cccc1OCC=C. The molecular formula is C18H23NO3. The van der Waals surface area contributed by atoms with Crippen molar-refractivity contribution < 1.29 is 14.3 Å². The Morgan fingerprint density at radius 3 is 2.68 bits per heavy atom. The van der Waals surface area contributed by atoms with E-state index in [1.807, 2.05) is 13.0 Å². The van der Waals surface area contributed by atoms with Gasteiger partial charge in [-0.25, -0.2) is 0 Å². The van der Waals surface area contributed by atoms with Gasteiger partial charge in [-0.05, 0) is 25.8 Å². The van der Waals surface area contributed by atoms with Gasteiger partial charge in [-0.1, -0.05) is 30.9 Å². The number of allylic oxidation sites excluding steroid dienone is 1. The maximum Gasteiger partial charge on any atom is 0.258 e. The van der Waals surface area contributed by atoms with Crippen LogP contribution in [-0.4, -0.2) is 36.8 Å². The zero-order valence-corrected chi connectivity index (χ0v) is 13.2. The van der Waals surface area contributed by atoms with Gasteiger partial charge in [-0.3, -0.25) is 9.59 Å². The summed E-state index contributed by atoms with van der Waals surface area (Å²) in [6.45, 7) is 9.53. The quantitative estimate of drug-likeness (QED) is 0.518. The molecule has 1 rings (SSSR count). The number of ether oxygens (including phenoxy) is 1. The molecule has 4 heteroatoms. The number of amides is 1. The lowest BCUT2D eigenvalue weighted by molar-refractivity contribution is 0.0731. The number of aldehydes is 1. The highest BCUT2D eigenvalue weighted by Crippen LogP contribution is 2.24. The molecule has 4 nitrogen and oxygen atoms in total. The zero-order chi connectivity index (χ0) is 16.5. The van der Waals surface area contributed by atoms with Gasteiger partial charge < -0.3 is 9.64 Å². The molecule has 1 atom stereocenters. The number of nitrogens with zero attached hydrogens (tertiary/aromatic N) is 1. The minimum Gasteiger partial charge on any atom is -0.489 e. The van der Waals surface area contributed by atoms with Gasteiger partial charge in [-0.15, -0.1) is 6.58 Å². The number of hydrogen-bond donors (Lipinski definition) is 0. The fraction of sp³-hybridized carbons (Fsp3) is 0.333. The second kappa shape index (κ2) is 8.82. The van der Waals surface area contributed by atoms with E-state index in [-0.39, 0.29) is 18.6 Å². The van der Waals surface area contributed by atoms with Gasteiger partial charge in [0.05, 0.1) is 5.56 Å². The molecular weight excluding hydrogens is 278 g/mol. The van der Waals surface area contributed by atoms with Crippen LogP contribution < -0.4 is 4.74 Å². The van der Waals surface area contributed by atoms with Crippen molar-refractivity contribution in [3.8, 4) is 5.75 Å². The molecule has 0 saturated carbocycles. The Morgan fingerprint density at radius 2 is 2.09 bits per heavy atom.